The number of imide groups is 1. The predicted octanol–water partition coefficient (Wildman–Crippen LogP) is 2.31. The van der Waals surface area contributed by atoms with Crippen LogP contribution in [-0.4, -0.2) is 291 Å². The number of aliphatic hydroxyl groups is 4. The van der Waals surface area contributed by atoms with Gasteiger partial charge in [-0.2, -0.15) is 0 Å². The SMILES string of the molecule is COc1ccc2c(OS(=O)(=O)Oc3cc(C(=O)N(C)CCOCCn4cc(CCOCCOCCOCCOCCOCCOCCN5C(=O)CCC5=O)nn4)ccc3O[C@@H]3O[C@H](CO)[C@H](O)[C@H](O)C3O)cc3c(c2c1)[C@H](CCl)CN3C(=O)c1cc2cc(OCCN(C)C)c(OC)cc2[nH]1. The molecule has 32 nitrogen and oxygen atoms in total. The molecule has 1 unspecified atom stereocenters. The van der Waals surface area contributed by atoms with Crippen LogP contribution in [0.5, 0.6) is 34.5 Å². The molecule has 34 heteroatoms. The number of benzene rings is 4. The zero-order valence-electron chi connectivity index (χ0n) is 56.4. The van der Waals surface area contributed by atoms with Crippen molar-refractivity contribution in [1.29, 1.82) is 0 Å². The van der Waals surface area contributed by atoms with Crippen LogP contribution in [0.15, 0.2) is 66.9 Å². The van der Waals surface area contributed by atoms with Crippen molar-refractivity contribution in [3.63, 3.8) is 0 Å². The lowest BCUT2D eigenvalue weighted by Gasteiger charge is -2.39. The summed E-state index contributed by atoms with van der Waals surface area (Å²) in [5.41, 5.74) is 2.27. The van der Waals surface area contributed by atoms with Crippen LogP contribution in [0.1, 0.15) is 50.9 Å². The molecule has 3 aliphatic rings. The summed E-state index contributed by atoms with van der Waals surface area (Å²) >= 11 is 6.65. The molecule has 5 N–H and O–H groups in total. The fourth-order valence-electron chi connectivity index (χ4n) is 11.0. The van der Waals surface area contributed by atoms with Gasteiger partial charge in [-0.1, -0.05) is 5.21 Å². The number of hydrogen-bond acceptors (Lipinski definition) is 27. The van der Waals surface area contributed by atoms with E-state index in [-0.39, 0.29) is 98.1 Å². The van der Waals surface area contributed by atoms with Crippen molar-refractivity contribution >= 4 is 73.0 Å². The molecular formula is C66H87ClN8O24S. The summed E-state index contributed by atoms with van der Waals surface area (Å²) in [5, 5.41) is 51.7. The number of fused-ring (bicyclic) bond motifs is 4. The minimum Gasteiger partial charge on any atom is -0.497 e. The maximum Gasteiger partial charge on any atom is 0.501 e. The van der Waals surface area contributed by atoms with Gasteiger partial charge in [-0.3, -0.25) is 24.1 Å². The van der Waals surface area contributed by atoms with Crippen LogP contribution in [-0.2, 0) is 70.8 Å². The van der Waals surface area contributed by atoms with Crippen LogP contribution in [0.3, 0.4) is 0 Å². The van der Waals surface area contributed by atoms with Gasteiger partial charge in [0.05, 0.1) is 138 Å². The monoisotopic (exact) mass is 1440 g/mol. The molecule has 0 radical (unpaired) electrons. The average molecular weight is 1440 g/mol. The standard InChI is InChI=1S/C66H87ClN8O24S/c1-71(2)13-21-95-55-34-43-32-50(68-49(43)36-54(55)87-5)65(83)75-39-44(38-67)60-48-35-46(86-4)7-8-47(48)53(37-51(60)75)98-100(84,85)99-56-33-42(6-9-52(56)96-66-63(81)62(80)61(79)57(41-76)97-66)64(82)72(3)14-18-89-19-15-73-40-45(69-70-73)12-17-88-22-24-91-26-28-93-30-31-94-29-27-92-25-23-90-20-16-74-58(77)10-11-59(74)78/h6-9,32-37,40,44,57,61-63,66,68,76,79-81H,10-31,38-39,41H2,1-5H3/t44-,57-,61+,62+,63?,66-/m1/s1. The molecule has 2 aromatic heterocycles. The van der Waals surface area contributed by atoms with E-state index in [0.717, 1.165) is 6.07 Å². The van der Waals surface area contributed by atoms with Crippen LogP contribution in [0.25, 0.3) is 21.7 Å². The Labute approximate surface area is 582 Å². The molecule has 0 bridgehead atoms. The van der Waals surface area contributed by atoms with Crippen molar-refractivity contribution in [2.45, 2.75) is 62.4 Å². The molecule has 2 fully saturated rings. The third kappa shape index (κ3) is 20.6. The zero-order chi connectivity index (χ0) is 71.3. The molecule has 3 aliphatic heterocycles. The number of nitrogens with zero attached hydrogens (tertiary/aromatic N) is 7. The Bertz CT molecular complexity index is 3790. The van der Waals surface area contributed by atoms with Gasteiger partial charge in [0, 0.05) is 97.9 Å². The van der Waals surface area contributed by atoms with E-state index in [4.69, 9.17) is 76.8 Å². The maximum absolute atomic E-state index is 14.8. The van der Waals surface area contributed by atoms with Gasteiger partial charge in [0.1, 0.15) is 42.5 Å². The van der Waals surface area contributed by atoms with Crippen LogP contribution in [0, 0.1) is 0 Å². The van der Waals surface area contributed by atoms with E-state index in [2.05, 4.69) is 15.3 Å². The average Bonchev–Trinajstić information content (AvgIpc) is 1.54. The van der Waals surface area contributed by atoms with E-state index in [9.17, 15) is 48.0 Å². The summed E-state index contributed by atoms with van der Waals surface area (Å²) in [6.07, 6.45) is -5.96. The van der Waals surface area contributed by atoms with Gasteiger partial charge in [0.2, 0.25) is 18.1 Å². The third-order valence-corrected chi connectivity index (χ3v) is 17.5. The largest absolute Gasteiger partial charge is 0.501 e. The number of rotatable bonds is 43. The first-order chi connectivity index (χ1) is 48.3. The van der Waals surface area contributed by atoms with E-state index in [1.807, 2.05) is 19.0 Å². The molecule has 0 spiro atoms. The molecular weight excluding hydrogens is 1360 g/mol. The number of aliphatic hydroxyl groups excluding tert-OH is 4. The summed E-state index contributed by atoms with van der Waals surface area (Å²) in [6.45, 7) is 5.81. The normalized spacial score (nSPS) is 18.6. The van der Waals surface area contributed by atoms with Gasteiger partial charge in [-0.05, 0) is 73.6 Å². The number of H-pyrrole nitrogens is 1. The fourth-order valence-corrected chi connectivity index (χ4v) is 12.0. The summed E-state index contributed by atoms with van der Waals surface area (Å²) < 4.78 is 110. The highest BCUT2D eigenvalue weighted by molar-refractivity contribution is 7.82. The van der Waals surface area contributed by atoms with E-state index >= 15 is 0 Å². The molecule has 100 heavy (non-hydrogen) atoms. The van der Waals surface area contributed by atoms with Crippen molar-refractivity contribution in [3.05, 3.63) is 89.4 Å². The number of carbonyl (C=O) groups is 4. The number of amides is 4. The number of hydrogen-bond donors (Lipinski definition) is 5. The van der Waals surface area contributed by atoms with Gasteiger partial charge in [-0.15, -0.1) is 25.1 Å². The Morgan fingerprint density at radius 3 is 1.98 bits per heavy atom. The lowest BCUT2D eigenvalue weighted by atomic mass is 9.95. The van der Waals surface area contributed by atoms with Crippen LogP contribution in [0.4, 0.5) is 5.69 Å². The third-order valence-electron chi connectivity index (χ3n) is 16.4. The Morgan fingerprint density at radius 1 is 0.680 bits per heavy atom. The number of likely N-dealkylation sites (tertiary alicyclic amines) is 1. The number of anilines is 1. The number of aromatic nitrogens is 4. The predicted molar refractivity (Wildman–Crippen MR) is 358 cm³/mol. The van der Waals surface area contributed by atoms with Crippen LogP contribution >= 0.6 is 11.6 Å². The Kier molecular flexibility index (Phi) is 28.6. The van der Waals surface area contributed by atoms with Gasteiger partial charge in [-0.25, -0.2) is 4.68 Å². The number of methoxy groups -OCH3 is 2. The molecule has 4 aromatic carbocycles. The van der Waals surface area contributed by atoms with E-state index < -0.39 is 76.9 Å². The second kappa shape index (κ2) is 37.4. The lowest BCUT2D eigenvalue weighted by Crippen LogP contribution is -2.60. The van der Waals surface area contributed by atoms with E-state index in [1.54, 1.807) is 47.3 Å². The second-order valence-electron chi connectivity index (χ2n) is 23.6. The van der Waals surface area contributed by atoms with Crippen LogP contribution in [0.2, 0.25) is 0 Å². The quantitative estimate of drug-likeness (QED) is 0.0208. The summed E-state index contributed by atoms with van der Waals surface area (Å²) in [7, 11) is 3.04. The Morgan fingerprint density at radius 2 is 1.33 bits per heavy atom. The molecule has 6 aromatic rings. The summed E-state index contributed by atoms with van der Waals surface area (Å²) in [6, 6.07) is 14.9. The van der Waals surface area contributed by atoms with Crippen molar-refractivity contribution in [1.82, 2.24) is 34.7 Å². The van der Waals surface area contributed by atoms with Gasteiger partial charge in [0.15, 0.2) is 28.7 Å². The molecule has 0 saturated carbocycles. The minimum atomic E-state index is -5.29. The lowest BCUT2D eigenvalue weighted by molar-refractivity contribution is -0.277. The molecule has 2 saturated heterocycles. The summed E-state index contributed by atoms with van der Waals surface area (Å²) in [5.74, 6) is -1.83. The molecule has 0 aliphatic carbocycles. The zero-order valence-corrected chi connectivity index (χ0v) is 57.9. The van der Waals surface area contributed by atoms with E-state index in [1.165, 1.54) is 54.2 Å². The smallest absolute Gasteiger partial charge is 0.497 e. The van der Waals surface area contributed by atoms with E-state index in [0.29, 0.717) is 144 Å². The number of halogens is 1. The first-order valence-corrected chi connectivity index (χ1v) is 34.4. The maximum atomic E-state index is 14.8. The van der Waals surface area contributed by atoms with Crippen molar-refractivity contribution in [2.75, 3.05) is 178 Å². The molecule has 6 atom stereocenters. The van der Waals surface area contributed by atoms with Crippen molar-refractivity contribution in [3.8, 4) is 34.5 Å². The Hall–Kier alpha value is -7.58. The van der Waals surface area contributed by atoms with Gasteiger partial charge < -0.3 is 105 Å². The fraction of sp³-hybridized carbons (Fsp3) is 0.545. The highest BCUT2D eigenvalue weighted by atomic mass is 35.5. The number of carbonyl (C=O) groups excluding carboxylic acids is 4. The van der Waals surface area contributed by atoms with Crippen molar-refractivity contribution < 1.29 is 113 Å². The minimum absolute atomic E-state index is 0.0666. The number of aromatic amines is 1. The first kappa shape index (κ1) is 76.6. The van der Waals surface area contributed by atoms with Crippen LogP contribution < -0.4 is 32.2 Å². The highest BCUT2D eigenvalue weighted by Gasteiger charge is 2.45. The summed E-state index contributed by atoms with van der Waals surface area (Å²) in [4.78, 5) is 61.2. The van der Waals surface area contributed by atoms with Crippen molar-refractivity contribution in [2.24, 2.45) is 0 Å². The second-order valence-corrected chi connectivity index (χ2v) is 25.1. The van der Waals surface area contributed by atoms with Gasteiger partial charge >= 0.3 is 10.4 Å². The first-order valence-electron chi connectivity index (χ1n) is 32.6. The molecule has 9 rings (SSSR count). The molecule has 4 amide bonds. The highest BCUT2D eigenvalue weighted by Crippen LogP contribution is 2.48. The number of likely N-dealkylation sites (N-methyl/N-ethyl adjacent to an activating group) is 2. The molecule has 548 valence electrons. The number of ether oxygens (including phenoxy) is 12. The molecule has 5 heterocycles. The Balaban J connectivity index is 0.755. The van der Waals surface area contributed by atoms with Gasteiger partial charge in [0.25, 0.3) is 11.8 Å². The number of alkyl halides is 1. The number of nitrogens with one attached hydrogen (secondary N) is 1. The topological polar surface area (TPSA) is 372 Å².